The van der Waals surface area contributed by atoms with Crippen molar-refractivity contribution in [1.29, 1.82) is 0 Å². The lowest BCUT2D eigenvalue weighted by molar-refractivity contribution is 0.880. The summed E-state index contributed by atoms with van der Waals surface area (Å²) in [6.45, 7) is 0.759. The molecule has 6 aromatic carbocycles. The van der Waals surface area contributed by atoms with Gasteiger partial charge in [-0.25, -0.2) is 9.97 Å². The Morgan fingerprint density at radius 1 is 0.442 bits per heavy atom. The van der Waals surface area contributed by atoms with Crippen molar-refractivity contribution in [3.05, 3.63) is 187 Å². The molecule has 0 spiro atoms. The van der Waals surface area contributed by atoms with Crippen LogP contribution in [0.4, 0.5) is 0 Å². The highest BCUT2D eigenvalue weighted by molar-refractivity contribution is 6.13. The summed E-state index contributed by atoms with van der Waals surface area (Å²) in [4.78, 5) is 15.8. The summed E-state index contributed by atoms with van der Waals surface area (Å²) in [6, 6.07) is 57.5. The van der Waals surface area contributed by atoms with E-state index >= 15 is 0 Å². The maximum absolute atomic E-state index is 5.46. The summed E-state index contributed by atoms with van der Waals surface area (Å²) in [5.74, 6) is 0. The van der Waals surface area contributed by atoms with Crippen LogP contribution in [-0.2, 0) is 6.54 Å². The summed E-state index contributed by atoms with van der Waals surface area (Å²) in [5.41, 5.74) is 14.6. The van der Waals surface area contributed by atoms with E-state index < -0.39 is 0 Å². The third-order valence-electron chi connectivity index (χ3n) is 10.1. The summed E-state index contributed by atoms with van der Waals surface area (Å²) in [7, 11) is 0. The lowest BCUT2D eigenvalue weighted by Gasteiger charge is -2.21. The Morgan fingerprint density at radius 3 is 1.75 bits per heavy atom. The third-order valence-corrected chi connectivity index (χ3v) is 10.1. The number of aromatic nitrogens is 3. The highest BCUT2D eigenvalue weighted by Crippen LogP contribution is 2.39. The molecule has 0 amide bonds. The topological polar surface area (TPSA) is 50.7 Å². The molecule has 0 aliphatic carbocycles. The molecule has 0 unspecified atom stereocenters. The summed E-state index contributed by atoms with van der Waals surface area (Å²) < 4.78 is 0. The normalized spacial score (nSPS) is 12.4. The lowest BCUT2D eigenvalue weighted by Crippen LogP contribution is -2.17. The molecule has 1 aliphatic rings. The van der Waals surface area contributed by atoms with Crippen LogP contribution < -0.4 is 5.32 Å². The molecule has 0 bridgehead atoms. The molecular weight excluding hydrogens is 633 g/mol. The van der Waals surface area contributed by atoms with Crippen LogP contribution in [0.15, 0.2) is 170 Å². The third kappa shape index (κ3) is 5.29. The Morgan fingerprint density at radius 2 is 1.00 bits per heavy atom. The fourth-order valence-corrected chi connectivity index (χ4v) is 7.42. The van der Waals surface area contributed by atoms with Crippen molar-refractivity contribution >= 4 is 44.4 Å². The van der Waals surface area contributed by atoms with E-state index in [9.17, 15) is 0 Å². The Labute approximate surface area is 301 Å². The van der Waals surface area contributed by atoms with Gasteiger partial charge in [0.15, 0.2) is 0 Å². The molecule has 244 valence electrons. The molecule has 0 atom stereocenters. The van der Waals surface area contributed by atoms with Gasteiger partial charge in [0.05, 0.1) is 28.1 Å². The number of fused-ring (bicyclic) bond motifs is 5. The van der Waals surface area contributed by atoms with Gasteiger partial charge >= 0.3 is 0 Å². The van der Waals surface area contributed by atoms with Crippen LogP contribution in [0.1, 0.15) is 16.7 Å². The predicted molar refractivity (Wildman–Crippen MR) is 215 cm³/mol. The van der Waals surface area contributed by atoms with E-state index in [0.717, 1.165) is 84.2 Å². The number of hydrogen-bond donors (Lipinski definition) is 1. The maximum Gasteiger partial charge on any atom is 0.0979 e. The zero-order valence-electron chi connectivity index (χ0n) is 28.3. The van der Waals surface area contributed by atoms with Gasteiger partial charge < -0.3 is 5.32 Å². The van der Waals surface area contributed by atoms with E-state index in [1.807, 2.05) is 18.3 Å². The molecule has 0 saturated carbocycles. The predicted octanol–water partition coefficient (Wildman–Crippen LogP) is 11.6. The number of pyridine rings is 3. The molecule has 10 rings (SSSR count). The SMILES string of the molecule is C1=C(c2cc(-c3ccc(-c4ccccc4)cc3)nc3c2ccc2c(-c4cc5ccccc5cn4)cc(-c4ccccc4)nc23)NCc2ccccc21. The van der Waals surface area contributed by atoms with E-state index in [1.54, 1.807) is 0 Å². The highest BCUT2D eigenvalue weighted by Gasteiger charge is 2.20. The highest BCUT2D eigenvalue weighted by atomic mass is 14.9. The number of benzene rings is 6. The fourth-order valence-electron chi connectivity index (χ4n) is 7.42. The van der Waals surface area contributed by atoms with Gasteiger partial charge in [0.1, 0.15) is 0 Å². The molecule has 4 heteroatoms. The molecule has 3 aromatic heterocycles. The molecule has 9 aromatic rings. The Bertz CT molecular complexity index is 2820. The molecule has 0 radical (unpaired) electrons. The summed E-state index contributed by atoms with van der Waals surface area (Å²) >= 11 is 0. The average Bonchev–Trinajstić information content (AvgIpc) is 3.23. The lowest BCUT2D eigenvalue weighted by atomic mass is 9.94. The van der Waals surface area contributed by atoms with Crippen LogP contribution in [0.25, 0.3) is 89.3 Å². The zero-order chi connectivity index (χ0) is 34.4. The van der Waals surface area contributed by atoms with Crippen LogP contribution in [-0.4, -0.2) is 15.0 Å². The minimum atomic E-state index is 0.759. The number of rotatable bonds is 5. The summed E-state index contributed by atoms with van der Waals surface area (Å²) in [5, 5.41) is 8.06. The van der Waals surface area contributed by atoms with Gasteiger partial charge in [-0.1, -0.05) is 146 Å². The van der Waals surface area contributed by atoms with Crippen LogP contribution in [0, 0.1) is 0 Å². The van der Waals surface area contributed by atoms with Crippen LogP contribution in [0.2, 0.25) is 0 Å². The zero-order valence-corrected chi connectivity index (χ0v) is 28.3. The first-order valence-corrected chi connectivity index (χ1v) is 17.6. The van der Waals surface area contributed by atoms with Gasteiger partial charge in [-0.05, 0) is 51.9 Å². The first-order valence-electron chi connectivity index (χ1n) is 17.6. The Balaban J connectivity index is 1.25. The largest absolute Gasteiger partial charge is 0.380 e. The van der Waals surface area contributed by atoms with Gasteiger partial charge in [0.25, 0.3) is 0 Å². The fraction of sp³-hybridized carbons (Fsp3) is 0.0208. The van der Waals surface area contributed by atoms with Crippen LogP contribution in [0.3, 0.4) is 0 Å². The molecule has 52 heavy (non-hydrogen) atoms. The smallest absolute Gasteiger partial charge is 0.0979 e. The van der Waals surface area contributed by atoms with Gasteiger partial charge in [-0.15, -0.1) is 0 Å². The van der Waals surface area contributed by atoms with E-state index in [4.69, 9.17) is 15.0 Å². The van der Waals surface area contributed by atoms with Crippen molar-refractivity contribution in [2.75, 3.05) is 0 Å². The van der Waals surface area contributed by atoms with E-state index in [-0.39, 0.29) is 0 Å². The van der Waals surface area contributed by atoms with Crippen molar-refractivity contribution in [1.82, 2.24) is 20.3 Å². The van der Waals surface area contributed by atoms with Gasteiger partial charge in [0, 0.05) is 56.9 Å². The van der Waals surface area contributed by atoms with Crippen LogP contribution >= 0.6 is 0 Å². The second-order valence-corrected chi connectivity index (χ2v) is 13.3. The van der Waals surface area contributed by atoms with Gasteiger partial charge in [-0.3, -0.25) is 4.98 Å². The quantitative estimate of drug-likeness (QED) is 0.186. The Hall–Kier alpha value is -6.91. The number of nitrogens with zero attached hydrogens (tertiary/aromatic N) is 3. The Kier molecular flexibility index (Phi) is 7.17. The standard InChI is InChI=1S/C48H32N4/c1-3-11-31(12-4-1)32-19-21-34(22-20-32)44-28-42(46-26-36-16-8-10-18-38(36)30-50-46)40-24-23-39-41(45-25-35-15-7-9-17-37(35)29-49-45)27-43(33-13-5-2-6-14-33)51-47(39)48(40)52-44/h1-29,50H,30H2. The molecule has 1 aliphatic heterocycles. The minimum absolute atomic E-state index is 0.759. The molecule has 0 fully saturated rings. The van der Waals surface area contributed by atoms with E-state index in [0.29, 0.717) is 0 Å². The molecule has 4 nitrogen and oxygen atoms in total. The maximum atomic E-state index is 5.46. The van der Waals surface area contributed by atoms with Crippen molar-refractivity contribution in [2.24, 2.45) is 0 Å². The first-order chi connectivity index (χ1) is 25.7. The number of nitrogens with one attached hydrogen (secondary N) is 1. The number of hydrogen-bond acceptors (Lipinski definition) is 4. The van der Waals surface area contributed by atoms with Crippen molar-refractivity contribution in [3.63, 3.8) is 0 Å². The second-order valence-electron chi connectivity index (χ2n) is 13.3. The minimum Gasteiger partial charge on any atom is -0.380 e. The molecular formula is C48H32N4. The van der Waals surface area contributed by atoms with Crippen molar-refractivity contribution in [2.45, 2.75) is 6.54 Å². The second kappa shape index (κ2) is 12.4. The van der Waals surface area contributed by atoms with Gasteiger partial charge in [-0.2, -0.15) is 0 Å². The van der Waals surface area contributed by atoms with E-state index in [2.05, 4.69) is 163 Å². The molecule has 0 saturated heterocycles. The van der Waals surface area contributed by atoms with Gasteiger partial charge in [0.2, 0.25) is 0 Å². The molecule has 4 heterocycles. The monoisotopic (exact) mass is 664 g/mol. The molecule has 1 N–H and O–H groups in total. The van der Waals surface area contributed by atoms with Crippen molar-refractivity contribution in [3.8, 4) is 44.9 Å². The van der Waals surface area contributed by atoms with E-state index in [1.165, 1.54) is 22.3 Å². The summed E-state index contributed by atoms with van der Waals surface area (Å²) in [6.07, 6.45) is 4.23. The first kappa shape index (κ1) is 30.0. The average molecular weight is 665 g/mol. The van der Waals surface area contributed by atoms with Crippen molar-refractivity contribution < 1.29 is 0 Å². The van der Waals surface area contributed by atoms with Crippen LogP contribution in [0.5, 0.6) is 0 Å².